The zero-order valence-electron chi connectivity index (χ0n) is 30.8. The zero-order chi connectivity index (χ0) is 37.6. The molecule has 6 nitrogen and oxygen atoms in total. The van der Waals surface area contributed by atoms with Crippen LogP contribution in [0.5, 0.6) is 0 Å². The van der Waals surface area contributed by atoms with Gasteiger partial charge in [-0.15, -0.1) is 0 Å². The van der Waals surface area contributed by atoms with E-state index in [-0.39, 0.29) is 0 Å². The molecule has 0 bridgehead atoms. The maximum Gasteiger partial charge on any atom is 0.164 e. The largest absolute Gasteiger partial charge is 0.263 e. The molecule has 0 aliphatic rings. The van der Waals surface area contributed by atoms with Gasteiger partial charge in [0.25, 0.3) is 0 Å². The van der Waals surface area contributed by atoms with Crippen molar-refractivity contribution in [2.24, 2.45) is 0 Å². The van der Waals surface area contributed by atoms with Crippen LogP contribution in [0.25, 0.3) is 100 Å². The van der Waals surface area contributed by atoms with E-state index in [1.807, 2.05) is 61.8 Å². The summed E-state index contributed by atoms with van der Waals surface area (Å²) >= 11 is 0. The lowest BCUT2D eigenvalue weighted by Crippen LogP contribution is -2.00. The van der Waals surface area contributed by atoms with Gasteiger partial charge in [-0.05, 0) is 65.8 Å². The van der Waals surface area contributed by atoms with Crippen molar-refractivity contribution in [2.75, 3.05) is 0 Å². The lowest BCUT2D eigenvalue weighted by Gasteiger charge is -2.12. The Morgan fingerprint density at radius 2 is 0.982 bits per heavy atom. The van der Waals surface area contributed by atoms with E-state index in [0.29, 0.717) is 17.5 Å². The second-order valence-electron chi connectivity index (χ2n) is 14.1. The van der Waals surface area contributed by atoms with Gasteiger partial charge in [-0.3, -0.25) is 9.97 Å². The maximum atomic E-state index is 5.15. The Morgan fingerprint density at radius 1 is 0.357 bits per heavy atom. The van der Waals surface area contributed by atoms with Crippen molar-refractivity contribution in [1.82, 2.24) is 29.9 Å². The number of pyridine rings is 3. The van der Waals surface area contributed by atoms with Gasteiger partial charge in [0, 0.05) is 62.1 Å². The smallest absolute Gasteiger partial charge is 0.164 e. The van der Waals surface area contributed by atoms with Crippen molar-refractivity contribution in [2.45, 2.75) is 13.8 Å². The molecule has 6 aromatic carbocycles. The van der Waals surface area contributed by atoms with Gasteiger partial charge in [0.15, 0.2) is 17.5 Å². The topological polar surface area (TPSA) is 77.3 Å². The second kappa shape index (κ2) is 13.8. The van der Waals surface area contributed by atoms with Crippen LogP contribution in [0.4, 0.5) is 0 Å². The number of rotatable bonds is 6. The Morgan fingerprint density at radius 3 is 1.77 bits per heavy atom. The molecule has 0 amide bonds. The lowest BCUT2D eigenvalue weighted by atomic mass is 9.99. The monoisotopic (exact) mass is 718 g/mol. The molecule has 6 heteroatoms. The highest BCUT2D eigenvalue weighted by atomic mass is 15.0. The molecule has 0 fully saturated rings. The van der Waals surface area contributed by atoms with E-state index >= 15 is 0 Å². The number of nitrogens with zero attached hydrogens (tertiary/aromatic N) is 6. The summed E-state index contributed by atoms with van der Waals surface area (Å²) in [6, 6.07) is 54.4. The second-order valence-corrected chi connectivity index (χ2v) is 14.1. The molecule has 0 aliphatic carbocycles. The highest BCUT2D eigenvalue weighted by molar-refractivity contribution is 6.04. The number of aryl methyl sites for hydroxylation is 2. The van der Waals surface area contributed by atoms with Gasteiger partial charge in [0.2, 0.25) is 0 Å². The molecule has 10 rings (SSSR count). The van der Waals surface area contributed by atoms with E-state index in [2.05, 4.69) is 127 Å². The van der Waals surface area contributed by atoms with Gasteiger partial charge in [0.1, 0.15) is 0 Å². The van der Waals surface area contributed by atoms with Gasteiger partial charge < -0.3 is 0 Å². The van der Waals surface area contributed by atoms with E-state index in [9.17, 15) is 0 Å². The molecule has 0 aliphatic heterocycles. The van der Waals surface area contributed by atoms with Crippen LogP contribution in [0.15, 0.2) is 170 Å². The summed E-state index contributed by atoms with van der Waals surface area (Å²) < 4.78 is 0. The first-order valence-electron chi connectivity index (χ1n) is 18.7. The van der Waals surface area contributed by atoms with E-state index in [1.54, 1.807) is 0 Å². The summed E-state index contributed by atoms with van der Waals surface area (Å²) in [5.74, 6) is 1.83. The van der Waals surface area contributed by atoms with Crippen LogP contribution in [0.2, 0.25) is 0 Å². The molecule has 4 heterocycles. The Balaban J connectivity index is 1.02. The maximum absolute atomic E-state index is 5.15. The Kier molecular flexibility index (Phi) is 8.15. The third-order valence-electron chi connectivity index (χ3n) is 10.4. The first-order chi connectivity index (χ1) is 27.5. The lowest BCUT2D eigenvalue weighted by molar-refractivity contribution is 1.07. The Bertz CT molecular complexity index is 3100. The minimum absolute atomic E-state index is 0.606. The average molecular weight is 719 g/mol. The van der Waals surface area contributed by atoms with E-state index < -0.39 is 0 Å². The molecule has 4 aromatic heterocycles. The van der Waals surface area contributed by atoms with Crippen molar-refractivity contribution in [1.29, 1.82) is 0 Å². The molecule has 264 valence electrons. The van der Waals surface area contributed by atoms with Gasteiger partial charge >= 0.3 is 0 Å². The van der Waals surface area contributed by atoms with Gasteiger partial charge in [-0.1, -0.05) is 133 Å². The number of hydrogen-bond acceptors (Lipinski definition) is 6. The van der Waals surface area contributed by atoms with Crippen LogP contribution in [0.1, 0.15) is 11.3 Å². The quantitative estimate of drug-likeness (QED) is 0.159. The number of benzene rings is 6. The standard InChI is InChI=1S/C50H34N6/c1-31-26-45(53-47-42(31)25-24-35-19-18-32(2)52-46(35)47)34-22-20-33(21-23-34)37-13-8-15-39(27-37)49-54-48(36-10-4-3-5-11-36)55-50(56-49)40-16-9-14-38(28-40)44-30-51-29-41-12-6-7-17-43(41)44/h3-30H,1-2H3. The van der Waals surface area contributed by atoms with Crippen LogP contribution in [0, 0.1) is 13.8 Å². The molecule has 0 atom stereocenters. The number of hydrogen-bond donors (Lipinski definition) is 0. The zero-order valence-corrected chi connectivity index (χ0v) is 30.8. The Hall–Kier alpha value is -7.44. The predicted molar refractivity (Wildman–Crippen MR) is 228 cm³/mol. The van der Waals surface area contributed by atoms with Crippen molar-refractivity contribution in [3.63, 3.8) is 0 Å². The molecule has 56 heavy (non-hydrogen) atoms. The summed E-state index contributed by atoms with van der Waals surface area (Å²) in [6.45, 7) is 4.17. The summed E-state index contributed by atoms with van der Waals surface area (Å²) in [5.41, 5.74) is 13.0. The third-order valence-corrected chi connectivity index (χ3v) is 10.4. The molecule has 0 spiro atoms. The normalized spacial score (nSPS) is 11.4. The molecule has 0 saturated heterocycles. The Labute approximate surface area is 324 Å². The van der Waals surface area contributed by atoms with Crippen LogP contribution in [-0.4, -0.2) is 29.9 Å². The summed E-state index contributed by atoms with van der Waals surface area (Å²) in [4.78, 5) is 29.7. The fourth-order valence-electron chi connectivity index (χ4n) is 7.48. The average Bonchev–Trinajstić information content (AvgIpc) is 3.26. The first kappa shape index (κ1) is 33.2. The van der Waals surface area contributed by atoms with Gasteiger partial charge in [-0.25, -0.2) is 19.9 Å². The molecule has 0 unspecified atom stereocenters. The number of aromatic nitrogens is 6. The predicted octanol–water partition coefficient (Wildman–Crippen LogP) is 12.1. The van der Waals surface area contributed by atoms with E-state index in [4.69, 9.17) is 24.9 Å². The van der Waals surface area contributed by atoms with Crippen molar-refractivity contribution in [3.8, 4) is 67.7 Å². The molecule has 0 N–H and O–H groups in total. The fourth-order valence-corrected chi connectivity index (χ4v) is 7.48. The molecule has 0 radical (unpaired) electrons. The van der Waals surface area contributed by atoms with E-state index in [0.717, 1.165) is 88.5 Å². The minimum atomic E-state index is 0.606. The van der Waals surface area contributed by atoms with Crippen molar-refractivity contribution >= 4 is 32.6 Å². The summed E-state index contributed by atoms with van der Waals surface area (Å²) in [5, 5.41) is 4.46. The molecular weight excluding hydrogens is 685 g/mol. The van der Waals surface area contributed by atoms with Crippen LogP contribution in [-0.2, 0) is 0 Å². The van der Waals surface area contributed by atoms with E-state index in [1.165, 1.54) is 5.56 Å². The van der Waals surface area contributed by atoms with Crippen LogP contribution in [0.3, 0.4) is 0 Å². The minimum Gasteiger partial charge on any atom is -0.263 e. The molecule has 10 aromatic rings. The highest BCUT2D eigenvalue weighted by Crippen LogP contribution is 2.34. The summed E-state index contributed by atoms with van der Waals surface area (Å²) in [6.07, 6.45) is 3.82. The van der Waals surface area contributed by atoms with Crippen LogP contribution < -0.4 is 0 Å². The number of fused-ring (bicyclic) bond motifs is 4. The van der Waals surface area contributed by atoms with Crippen LogP contribution >= 0.6 is 0 Å². The first-order valence-corrected chi connectivity index (χ1v) is 18.7. The fraction of sp³-hybridized carbons (Fsp3) is 0.0400. The van der Waals surface area contributed by atoms with Crippen molar-refractivity contribution in [3.05, 3.63) is 181 Å². The SMILES string of the molecule is Cc1ccc2ccc3c(C)cc(-c4ccc(-c5cccc(-c6nc(-c7ccccc7)nc(-c7cccc(-c8cncc9ccccc89)c7)n6)c5)cc4)nc3c2n1. The molecular formula is C50H34N6. The van der Waals surface area contributed by atoms with Crippen molar-refractivity contribution < 1.29 is 0 Å². The summed E-state index contributed by atoms with van der Waals surface area (Å²) in [7, 11) is 0. The van der Waals surface area contributed by atoms with Gasteiger partial charge in [-0.2, -0.15) is 0 Å². The van der Waals surface area contributed by atoms with Gasteiger partial charge in [0.05, 0.1) is 16.7 Å². The third kappa shape index (κ3) is 6.13. The highest BCUT2D eigenvalue weighted by Gasteiger charge is 2.15. The molecule has 0 saturated carbocycles.